The van der Waals surface area contributed by atoms with Crippen molar-refractivity contribution >= 4 is 5.97 Å². The van der Waals surface area contributed by atoms with Crippen LogP contribution in [0.15, 0.2) is 22.7 Å². The van der Waals surface area contributed by atoms with Crippen LogP contribution in [0.2, 0.25) is 0 Å². The minimum absolute atomic E-state index is 0.0131. The molecule has 0 bridgehead atoms. The quantitative estimate of drug-likeness (QED) is 0.831. The van der Waals surface area contributed by atoms with E-state index in [4.69, 9.17) is 9.63 Å². The highest BCUT2D eigenvalue weighted by molar-refractivity contribution is 5.97. The molecule has 1 heterocycles. The number of aromatic nitrogens is 1. The Kier molecular flexibility index (Phi) is 2.59. The van der Waals surface area contributed by atoms with Crippen molar-refractivity contribution in [1.82, 2.24) is 5.16 Å². The molecule has 0 radical (unpaired) electrons. The number of carbonyl (C=O) groups is 1. The standard InChI is InChI=1S/C12H11NO4/c1-6-4-3-5-8(14)9(6)11-10(12(15)16)7(2)17-13-11/h3-5,14H,1-2H3,(H,15,16). The lowest BCUT2D eigenvalue weighted by Gasteiger charge is -2.05. The Bertz CT molecular complexity index is 566. The number of aromatic carboxylic acids is 1. The van der Waals surface area contributed by atoms with Gasteiger partial charge in [0.1, 0.15) is 22.8 Å². The van der Waals surface area contributed by atoms with Crippen LogP contribution in [0.4, 0.5) is 0 Å². The predicted octanol–water partition coefficient (Wildman–Crippen LogP) is 2.36. The molecule has 0 fully saturated rings. The molecule has 17 heavy (non-hydrogen) atoms. The Labute approximate surface area is 97.3 Å². The molecule has 0 amide bonds. The molecule has 88 valence electrons. The number of hydrogen-bond acceptors (Lipinski definition) is 4. The molecular formula is C12H11NO4. The maximum Gasteiger partial charge on any atom is 0.341 e. The Hall–Kier alpha value is -2.30. The third-order valence-corrected chi connectivity index (χ3v) is 2.56. The van der Waals surface area contributed by atoms with Gasteiger partial charge in [-0.15, -0.1) is 0 Å². The third-order valence-electron chi connectivity index (χ3n) is 2.56. The van der Waals surface area contributed by atoms with Gasteiger partial charge >= 0.3 is 5.97 Å². The molecule has 0 unspecified atom stereocenters. The van der Waals surface area contributed by atoms with Crippen molar-refractivity contribution in [1.29, 1.82) is 0 Å². The van der Waals surface area contributed by atoms with Gasteiger partial charge in [0.05, 0.1) is 0 Å². The van der Waals surface area contributed by atoms with Crippen molar-refractivity contribution in [3.63, 3.8) is 0 Å². The highest BCUT2D eigenvalue weighted by Crippen LogP contribution is 2.34. The zero-order valence-corrected chi connectivity index (χ0v) is 9.39. The zero-order valence-electron chi connectivity index (χ0n) is 9.39. The van der Waals surface area contributed by atoms with Crippen LogP contribution < -0.4 is 0 Å². The number of aryl methyl sites for hydroxylation is 2. The van der Waals surface area contributed by atoms with E-state index in [-0.39, 0.29) is 22.8 Å². The smallest absolute Gasteiger partial charge is 0.341 e. The zero-order chi connectivity index (χ0) is 12.6. The van der Waals surface area contributed by atoms with Gasteiger partial charge in [-0.1, -0.05) is 17.3 Å². The summed E-state index contributed by atoms with van der Waals surface area (Å²) in [5, 5.41) is 22.6. The Morgan fingerprint density at radius 3 is 2.65 bits per heavy atom. The lowest BCUT2D eigenvalue weighted by atomic mass is 10.0. The molecule has 0 aliphatic rings. The minimum atomic E-state index is -1.12. The van der Waals surface area contributed by atoms with Crippen LogP contribution in [0.5, 0.6) is 5.75 Å². The van der Waals surface area contributed by atoms with E-state index in [0.717, 1.165) is 5.56 Å². The second kappa shape index (κ2) is 3.93. The first-order valence-electron chi connectivity index (χ1n) is 5.01. The van der Waals surface area contributed by atoms with Crippen LogP contribution in [-0.4, -0.2) is 21.3 Å². The van der Waals surface area contributed by atoms with E-state index in [2.05, 4.69) is 5.16 Å². The predicted molar refractivity (Wildman–Crippen MR) is 60.0 cm³/mol. The van der Waals surface area contributed by atoms with Crippen LogP contribution in [0, 0.1) is 13.8 Å². The van der Waals surface area contributed by atoms with Crippen molar-refractivity contribution in [3.05, 3.63) is 35.1 Å². The van der Waals surface area contributed by atoms with Crippen LogP contribution in [-0.2, 0) is 0 Å². The third kappa shape index (κ3) is 1.75. The molecule has 5 nitrogen and oxygen atoms in total. The summed E-state index contributed by atoms with van der Waals surface area (Å²) in [5.41, 5.74) is 1.27. The van der Waals surface area contributed by atoms with Gasteiger partial charge in [0.25, 0.3) is 0 Å². The van der Waals surface area contributed by atoms with E-state index in [1.165, 1.54) is 13.0 Å². The number of phenolic OH excluding ortho intramolecular Hbond substituents is 1. The number of nitrogens with zero attached hydrogens (tertiary/aromatic N) is 1. The SMILES string of the molecule is Cc1cccc(O)c1-c1noc(C)c1C(=O)O. The number of hydrogen-bond donors (Lipinski definition) is 2. The molecule has 2 aromatic rings. The molecule has 0 saturated carbocycles. The number of benzene rings is 1. The van der Waals surface area contributed by atoms with Gasteiger partial charge in [-0.05, 0) is 25.5 Å². The first-order valence-corrected chi connectivity index (χ1v) is 5.01. The van der Waals surface area contributed by atoms with Gasteiger partial charge in [0, 0.05) is 5.56 Å². The lowest BCUT2D eigenvalue weighted by Crippen LogP contribution is -2.00. The second-order valence-electron chi connectivity index (χ2n) is 3.74. The fraction of sp³-hybridized carbons (Fsp3) is 0.167. The number of rotatable bonds is 2. The fourth-order valence-corrected chi connectivity index (χ4v) is 1.75. The van der Waals surface area contributed by atoms with Crippen LogP contribution in [0.3, 0.4) is 0 Å². The van der Waals surface area contributed by atoms with E-state index in [1.807, 2.05) is 0 Å². The molecule has 0 saturated heterocycles. The molecule has 2 rings (SSSR count). The van der Waals surface area contributed by atoms with Gasteiger partial charge in [-0.2, -0.15) is 0 Å². The molecule has 0 atom stereocenters. The van der Waals surface area contributed by atoms with E-state index in [0.29, 0.717) is 5.56 Å². The Morgan fingerprint density at radius 2 is 2.06 bits per heavy atom. The summed E-state index contributed by atoms with van der Waals surface area (Å²) < 4.78 is 4.88. The van der Waals surface area contributed by atoms with Crippen LogP contribution in [0.25, 0.3) is 11.3 Å². The van der Waals surface area contributed by atoms with E-state index in [1.54, 1.807) is 19.1 Å². The maximum atomic E-state index is 11.1. The fourth-order valence-electron chi connectivity index (χ4n) is 1.75. The Balaban J connectivity index is 2.73. The summed E-state index contributed by atoms with van der Waals surface area (Å²) in [6.07, 6.45) is 0. The maximum absolute atomic E-state index is 11.1. The van der Waals surface area contributed by atoms with Crippen molar-refractivity contribution in [3.8, 4) is 17.0 Å². The summed E-state index contributed by atoms with van der Waals surface area (Å²) in [4.78, 5) is 11.1. The highest BCUT2D eigenvalue weighted by atomic mass is 16.5. The van der Waals surface area contributed by atoms with Crippen molar-refractivity contribution in [2.24, 2.45) is 0 Å². The van der Waals surface area contributed by atoms with Gasteiger partial charge < -0.3 is 14.7 Å². The minimum Gasteiger partial charge on any atom is -0.507 e. The number of carboxylic acids is 1. The Morgan fingerprint density at radius 1 is 1.35 bits per heavy atom. The summed E-state index contributed by atoms with van der Waals surface area (Å²) in [6, 6.07) is 4.93. The van der Waals surface area contributed by atoms with Crippen molar-refractivity contribution < 1.29 is 19.5 Å². The van der Waals surface area contributed by atoms with Gasteiger partial charge in [-0.3, -0.25) is 0 Å². The van der Waals surface area contributed by atoms with E-state index < -0.39 is 5.97 Å². The normalized spacial score (nSPS) is 10.5. The second-order valence-corrected chi connectivity index (χ2v) is 3.74. The summed E-state index contributed by atoms with van der Waals surface area (Å²) >= 11 is 0. The lowest BCUT2D eigenvalue weighted by molar-refractivity contribution is 0.0696. The summed E-state index contributed by atoms with van der Waals surface area (Å²) in [6.45, 7) is 3.29. The van der Waals surface area contributed by atoms with Crippen molar-refractivity contribution in [2.45, 2.75) is 13.8 Å². The van der Waals surface area contributed by atoms with Gasteiger partial charge in [0.15, 0.2) is 0 Å². The highest BCUT2D eigenvalue weighted by Gasteiger charge is 2.23. The molecule has 2 N–H and O–H groups in total. The number of phenols is 1. The molecule has 5 heteroatoms. The van der Waals surface area contributed by atoms with E-state index >= 15 is 0 Å². The monoisotopic (exact) mass is 233 g/mol. The average Bonchev–Trinajstić information content (AvgIpc) is 2.60. The van der Waals surface area contributed by atoms with E-state index in [9.17, 15) is 9.90 Å². The van der Waals surface area contributed by atoms with Crippen LogP contribution >= 0.6 is 0 Å². The first kappa shape index (κ1) is 11.2. The number of carboxylic acid groups (broad SMARTS) is 1. The first-order chi connectivity index (χ1) is 8.02. The summed E-state index contributed by atoms with van der Waals surface area (Å²) in [7, 11) is 0. The average molecular weight is 233 g/mol. The van der Waals surface area contributed by atoms with Crippen molar-refractivity contribution in [2.75, 3.05) is 0 Å². The largest absolute Gasteiger partial charge is 0.507 e. The van der Waals surface area contributed by atoms with Crippen LogP contribution in [0.1, 0.15) is 21.7 Å². The molecule has 0 spiro atoms. The number of aromatic hydroxyl groups is 1. The molecule has 0 aliphatic heterocycles. The summed E-state index contributed by atoms with van der Waals surface area (Å²) in [5.74, 6) is -0.919. The molecule has 1 aromatic heterocycles. The topological polar surface area (TPSA) is 83.6 Å². The molecular weight excluding hydrogens is 222 g/mol. The molecule has 1 aromatic carbocycles. The van der Waals surface area contributed by atoms with Gasteiger partial charge in [-0.25, -0.2) is 4.79 Å². The molecule has 0 aliphatic carbocycles. The van der Waals surface area contributed by atoms with Gasteiger partial charge in [0.2, 0.25) is 0 Å².